The number of ether oxygens (including phenoxy) is 1. The molecule has 0 radical (unpaired) electrons. The Bertz CT molecular complexity index is 605. The Morgan fingerprint density at radius 1 is 1.08 bits per heavy atom. The highest BCUT2D eigenvalue weighted by Gasteiger charge is 2.53. The van der Waals surface area contributed by atoms with E-state index < -0.39 is 0 Å². The molecule has 1 aliphatic carbocycles. The molecule has 1 aromatic rings. The Morgan fingerprint density at radius 3 is 2.54 bits per heavy atom. The van der Waals surface area contributed by atoms with Crippen LogP contribution in [0, 0.1) is 11.8 Å². The fourth-order valence-corrected chi connectivity index (χ4v) is 5.53. The quantitative estimate of drug-likeness (QED) is 0.664. The molecule has 4 unspecified atom stereocenters. The minimum absolute atomic E-state index is 0.508. The second-order valence-corrected chi connectivity index (χ2v) is 8.54. The van der Waals surface area contributed by atoms with Crippen LogP contribution >= 0.6 is 0 Å². The topological polar surface area (TPSA) is 50.0 Å². The number of hydrogen-bond acceptors (Lipinski definition) is 3. The summed E-state index contributed by atoms with van der Waals surface area (Å²) in [4.78, 5) is 7.53. The SMILES string of the molecule is c1coc(CCN=C(NC2CCCCC2)N2CC3C4CCC(O4)C3C2)c1. The maximum atomic E-state index is 6.15. The predicted octanol–water partition coefficient (Wildman–Crippen LogP) is 3.21. The van der Waals surface area contributed by atoms with Crippen molar-refractivity contribution in [1.29, 1.82) is 0 Å². The van der Waals surface area contributed by atoms with Gasteiger partial charge in [-0.3, -0.25) is 4.99 Å². The maximum Gasteiger partial charge on any atom is 0.194 e. The number of hydrogen-bond donors (Lipinski definition) is 1. The van der Waals surface area contributed by atoms with Crippen molar-refractivity contribution in [2.24, 2.45) is 16.8 Å². The molecule has 4 heterocycles. The van der Waals surface area contributed by atoms with Crippen LogP contribution in [0.25, 0.3) is 0 Å². The molecule has 0 aromatic carbocycles. The number of likely N-dealkylation sites (tertiary alicyclic amines) is 1. The second kappa shape index (κ2) is 7.26. The third kappa shape index (κ3) is 3.26. The minimum atomic E-state index is 0.508. The number of aliphatic imine (C=N–C) groups is 1. The highest BCUT2D eigenvalue weighted by Crippen LogP contribution is 2.47. The molecular formula is C21H31N3O2. The van der Waals surface area contributed by atoms with E-state index in [4.69, 9.17) is 14.1 Å². The Morgan fingerprint density at radius 2 is 1.85 bits per heavy atom. The van der Waals surface area contributed by atoms with Crippen molar-refractivity contribution in [1.82, 2.24) is 10.2 Å². The second-order valence-electron chi connectivity index (χ2n) is 8.54. The van der Waals surface area contributed by atoms with Crippen molar-refractivity contribution in [3.8, 4) is 0 Å². The van der Waals surface area contributed by atoms with Gasteiger partial charge in [-0.25, -0.2) is 0 Å². The minimum Gasteiger partial charge on any atom is -0.469 e. The molecule has 5 heteroatoms. The van der Waals surface area contributed by atoms with Gasteiger partial charge >= 0.3 is 0 Å². The Balaban J connectivity index is 1.27. The zero-order valence-electron chi connectivity index (χ0n) is 15.6. The molecule has 0 spiro atoms. The van der Waals surface area contributed by atoms with Gasteiger partial charge in [0.15, 0.2) is 5.96 Å². The molecule has 2 bridgehead atoms. The first-order valence-corrected chi connectivity index (χ1v) is 10.6. The Hall–Kier alpha value is -1.49. The molecule has 142 valence electrons. The Kier molecular flexibility index (Phi) is 4.65. The molecule has 3 saturated heterocycles. The van der Waals surface area contributed by atoms with Gasteiger partial charge in [0.25, 0.3) is 0 Å². The fourth-order valence-electron chi connectivity index (χ4n) is 5.53. The summed E-state index contributed by atoms with van der Waals surface area (Å²) < 4.78 is 11.6. The number of rotatable bonds is 4. The summed E-state index contributed by atoms with van der Waals surface area (Å²) >= 11 is 0. The van der Waals surface area contributed by atoms with Gasteiger partial charge in [-0.1, -0.05) is 19.3 Å². The Labute approximate surface area is 156 Å². The number of furan rings is 1. The van der Waals surface area contributed by atoms with Crippen LogP contribution in [0.2, 0.25) is 0 Å². The van der Waals surface area contributed by atoms with Crippen LogP contribution in [-0.2, 0) is 11.2 Å². The summed E-state index contributed by atoms with van der Waals surface area (Å²) in [6.45, 7) is 3.02. The van der Waals surface area contributed by atoms with Crippen LogP contribution in [0.5, 0.6) is 0 Å². The van der Waals surface area contributed by atoms with Crippen molar-refractivity contribution in [3.05, 3.63) is 24.2 Å². The number of guanidine groups is 1. The largest absolute Gasteiger partial charge is 0.469 e. The summed E-state index contributed by atoms with van der Waals surface area (Å²) in [6.07, 6.45) is 12.8. The predicted molar refractivity (Wildman–Crippen MR) is 101 cm³/mol. The third-order valence-corrected chi connectivity index (χ3v) is 6.89. The van der Waals surface area contributed by atoms with Gasteiger partial charge in [0.2, 0.25) is 0 Å². The van der Waals surface area contributed by atoms with Gasteiger partial charge in [0, 0.05) is 43.9 Å². The number of fused-ring (bicyclic) bond motifs is 5. The van der Waals surface area contributed by atoms with Crippen molar-refractivity contribution < 1.29 is 9.15 Å². The van der Waals surface area contributed by atoms with Gasteiger partial charge in [0.1, 0.15) is 5.76 Å². The smallest absolute Gasteiger partial charge is 0.194 e. The molecule has 0 amide bonds. The third-order valence-electron chi connectivity index (χ3n) is 6.89. The van der Waals surface area contributed by atoms with Crippen LogP contribution in [0.1, 0.15) is 50.7 Å². The fraction of sp³-hybridized carbons (Fsp3) is 0.762. The van der Waals surface area contributed by atoms with Gasteiger partial charge in [-0.05, 0) is 37.8 Å². The van der Waals surface area contributed by atoms with Crippen molar-refractivity contribution in [2.75, 3.05) is 19.6 Å². The maximum absolute atomic E-state index is 6.15. The monoisotopic (exact) mass is 357 g/mol. The van der Waals surface area contributed by atoms with Crippen molar-refractivity contribution in [2.45, 2.75) is 69.6 Å². The van der Waals surface area contributed by atoms with Gasteiger partial charge in [-0.2, -0.15) is 0 Å². The van der Waals surface area contributed by atoms with E-state index >= 15 is 0 Å². The van der Waals surface area contributed by atoms with Crippen LogP contribution in [0.4, 0.5) is 0 Å². The summed E-state index contributed by atoms with van der Waals surface area (Å²) in [5, 5.41) is 3.82. The first-order chi connectivity index (χ1) is 12.9. The van der Waals surface area contributed by atoms with E-state index in [2.05, 4.69) is 10.2 Å². The summed E-state index contributed by atoms with van der Waals surface area (Å²) in [5.74, 6) is 3.60. The van der Waals surface area contributed by atoms with Gasteiger partial charge < -0.3 is 19.4 Å². The van der Waals surface area contributed by atoms with E-state index in [1.807, 2.05) is 12.1 Å². The van der Waals surface area contributed by atoms with Crippen LogP contribution < -0.4 is 5.32 Å². The van der Waals surface area contributed by atoms with E-state index in [0.29, 0.717) is 18.2 Å². The highest BCUT2D eigenvalue weighted by atomic mass is 16.5. The van der Waals surface area contributed by atoms with E-state index in [-0.39, 0.29) is 0 Å². The molecule has 4 fully saturated rings. The molecule has 5 rings (SSSR count). The summed E-state index contributed by atoms with van der Waals surface area (Å²) in [7, 11) is 0. The molecule has 1 aromatic heterocycles. The van der Waals surface area contributed by atoms with E-state index in [1.165, 1.54) is 44.9 Å². The average molecular weight is 357 g/mol. The lowest BCUT2D eigenvalue weighted by molar-refractivity contribution is 0.0766. The molecule has 26 heavy (non-hydrogen) atoms. The molecule has 3 aliphatic heterocycles. The lowest BCUT2D eigenvalue weighted by Gasteiger charge is -2.30. The van der Waals surface area contributed by atoms with Crippen molar-refractivity contribution in [3.63, 3.8) is 0 Å². The molecular weight excluding hydrogens is 326 g/mol. The first kappa shape index (κ1) is 16.7. The normalized spacial score (nSPS) is 34.5. The summed E-state index contributed by atoms with van der Waals surface area (Å²) in [6, 6.07) is 4.59. The summed E-state index contributed by atoms with van der Waals surface area (Å²) in [5.41, 5.74) is 0. The zero-order chi connectivity index (χ0) is 17.3. The van der Waals surface area contributed by atoms with Crippen molar-refractivity contribution >= 4 is 5.96 Å². The van der Waals surface area contributed by atoms with Gasteiger partial charge in [0.05, 0.1) is 18.5 Å². The van der Waals surface area contributed by atoms with Gasteiger partial charge in [-0.15, -0.1) is 0 Å². The molecule has 5 nitrogen and oxygen atoms in total. The molecule has 1 N–H and O–H groups in total. The average Bonchev–Trinajstić information content (AvgIpc) is 3.43. The van der Waals surface area contributed by atoms with E-state index in [9.17, 15) is 0 Å². The zero-order valence-corrected chi connectivity index (χ0v) is 15.6. The van der Waals surface area contributed by atoms with Crippen LogP contribution in [-0.4, -0.2) is 48.7 Å². The molecule has 1 saturated carbocycles. The number of nitrogens with one attached hydrogen (secondary N) is 1. The lowest BCUT2D eigenvalue weighted by atomic mass is 9.82. The van der Waals surface area contributed by atoms with E-state index in [0.717, 1.165) is 49.6 Å². The molecule has 4 atom stereocenters. The van der Waals surface area contributed by atoms with Crippen LogP contribution in [0.3, 0.4) is 0 Å². The first-order valence-electron chi connectivity index (χ1n) is 10.6. The standard InChI is InChI=1S/C21H31N3O2/c1-2-5-15(6-3-1)23-21(22-11-10-16-7-4-12-25-16)24-13-17-18(14-24)20-9-8-19(17)26-20/h4,7,12,15,17-20H,1-3,5-6,8-11,13-14H2,(H,22,23). The lowest BCUT2D eigenvalue weighted by Crippen LogP contribution is -2.46. The van der Waals surface area contributed by atoms with E-state index in [1.54, 1.807) is 6.26 Å². The number of nitrogens with zero attached hydrogens (tertiary/aromatic N) is 2. The molecule has 4 aliphatic rings. The van der Waals surface area contributed by atoms with Crippen LogP contribution in [0.15, 0.2) is 27.8 Å². The highest BCUT2D eigenvalue weighted by molar-refractivity contribution is 5.80.